The van der Waals surface area contributed by atoms with Gasteiger partial charge in [-0.25, -0.2) is 14.8 Å². The summed E-state index contributed by atoms with van der Waals surface area (Å²) in [5.74, 6) is -0.323. The minimum Gasteiger partial charge on any atom is -0.480 e. The molecule has 1 aromatic heterocycles. The molecule has 0 aliphatic carbocycles. The van der Waals surface area contributed by atoms with Gasteiger partial charge in [-0.1, -0.05) is 11.6 Å². The minimum atomic E-state index is -0.873. The number of halogens is 1. The number of carboxylic acid groups (broad SMARTS) is 1. The van der Waals surface area contributed by atoms with Gasteiger partial charge in [0.25, 0.3) is 0 Å². The molecule has 0 bridgehead atoms. The molecule has 0 saturated carbocycles. The molecule has 7 heteroatoms. The second-order valence-electron chi connectivity index (χ2n) is 3.45. The average molecular weight is 243 g/mol. The van der Waals surface area contributed by atoms with Crippen LogP contribution in [-0.2, 0) is 4.79 Å². The van der Waals surface area contributed by atoms with Crippen molar-refractivity contribution in [2.75, 3.05) is 24.5 Å². The van der Waals surface area contributed by atoms with Crippen LogP contribution in [0.1, 0.15) is 0 Å². The van der Waals surface area contributed by atoms with E-state index in [4.69, 9.17) is 16.7 Å². The Morgan fingerprint density at radius 1 is 1.62 bits per heavy atom. The summed E-state index contributed by atoms with van der Waals surface area (Å²) < 4.78 is 0. The fourth-order valence-electron chi connectivity index (χ4n) is 1.68. The Bertz CT molecular complexity index is 401. The van der Waals surface area contributed by atoms with Crippen LogP contribution >= 0.6 is 11.6 Å². The van der Waals surface area contributed by atoms with Crippen molar-refractivity contribution in [3.05, 3.63) is 17.5 Å². The average Bonchev–Trinajstić information content (AvgIpc) is 2.29. The molecule has 0 spiro atoms. The van der Waals surface area contributed by atoms with Crippen molar-refractivity contribution in [1.82, 2.24) is 15.3 Å². The lowest BCUT2D eigenvalue weighted by molar-refractivity contribution is -0.138. The van der Waals surface area contributed by atoms with E-state index in [-0.39, 0.29) is 0 Å². The van der Waals surface area contributed by atoms with Crippen molar-refractivity contribution < 1.29 is 9.90 Å². The largest absolute Gasteiger partial charge is 0.480 e. The zero-order chi connectivity index (χ0) is 11.5. The second-order valence-corrected chi connectivity index (χ2v) is 3.84. The first kappa shape index (κ1) is 11.1. The van der Waals surface area contributed by atoms with E-state index < -0.39 is 12.0 Å². The number of carboxylic acids is 1. The maximum Gasteiger partial charge on any atom is 0.327 e. The number of aliphatic carboxylic acids is 1. The SMILES string of the molecule is O=C(O)[C@H]1CNCCN1c1cc(Cl)ncn1. The van der Waals surface area contributed by atoms with Crippen molar-refractivity contribution in [3.8, 4) is 0 Å². The van der Waals surface area contributed by atoms with Crippen molar-refractivity contribution >= 4 is 23.4 Å². The molecule has 0 radical (unpaired) electrons. The first-order chi connectivity index (χ1) is 7.68. The number of aromatic nitrogens is 2. The number of carbonyl (C=O) groups is 1. The van der Waals surface area contributed by atoms with Crippen LogP contribution in [0, 0.1) is 0 Å². The van der Waals surface area contributed by atoms with Gasteiger partial charge in [-0.15, -0.1) is 0 Å². The molecule has 1 aliphatic heterocycles. The molecule has 2 N–H and O–H groups in total. The highest BCUT2D eigenvalue weighted by Gasteiger charge is 2.29. The van der Waals surface area contributed by atoms with Crippen LogP contribution in [0.4, 0.5) is 5.82 Å². The van der Waals surface area contributed by atoms with Gasteiger partial charge in [-0.2, -0.15) is 0 Å². The van der Waals surface area contributed by atoms with Gasteiger partial charge in [0.2, 0.25) is 0 Å². The number of anilines is 1. The maximum absolute atomic E-state index is 11.1. The van der Waals surface area contributed by atoms with Crippen LogP contribution in [0.2, 0.25) is 5.15 Å². The van der Waals surface area contributed by atoms with Gasteiger partial charge in [0.15, 0.2) is 0 Å². The Hall–Kier alpha value is -1.40. The summed E-state index contributed by atoms with van der Waals surface area (Å²) in [7, 11) is 0. The molecule has 0 amide bonds. The molecule has 16 heavy (non-hydrogen) atoms. The highest BCUT2D eigenvalue weighted by atomic mass is 35.5. The molecule has 1 atom stereocenters. The van der Waals surface area contributed by atoms with Crippen LogP contribution in [-0.4, -0.2) is 46.7 Å². The Morgan fingerprint density at radius 2 is 2.44 bits per heavy atom. The van der Waals surface area contributed by atoms with Gasteiger partial charge >= 0.3 is 5.97 Å². The number of nitrogens with zero attached hydrogens (tertiary/aromatic N) is 3. The summed E-state index contributed by atoms with van der Waals surface area (Å²) >= 11 is 5.75. The molecule has 6 nitrogen and oxygen atoms in total. The molecule has 1 saturated heterocycles. The Labute approximate surface area is 97.3 Å². The third-order valence-corrected chi connectivity index (χ3v) is 2.65. The van der Waals surface area contributed by atoms with E-state index in [2.05, 4.69) is 15.3 Å². The Morgan fingerprint density at radius 3 is 3.12 bits per heavy atom. The minimum absolute atomic E-state index is 0.313. The predicted molar refractivity (Wildman–Crippen MR) is 58.7 cm³/mol. The van der Waals surface area contributed by atoms with Crippen LogP contribution < -0.4 is 10.2 Å². The molecule has 0 aromatic carbocycles. The van der Waals surface area contributed by atoms with E-state index in [1.165, 1.54) is 6.33 Å². The summed E-state index contributed by atoms with van der Waals surface area (Å²) in [5.41, 5.74) is 0. The van der Waals surface area contributed by atoms with Crippen molar-refractivity contribution in [2.24, 2.45) is 0 Å². The number of piperazine rings is 1. The van der Waals surface area contributed by atoms with Crippen LogP contribution in [0.3, 0.4) is 0 Å². The third-order valence-electron chi connectivity index (χ3n) is 2.44. The standard InChI is InChI=1S/C9H11ClN4O2/c10-7-3-8(13-5-12-7)14-2-1-11-4-6(14)9(15)16/h3,5-6,11H,1-2,4H2,(H,15,16)/t6-/m1/s1. The zero-order valence-electron chi connectivity index (χ0n) is 8.43. The smallest absolute Gasteiger partial charge is 0.327 e. The molecular formula is C9H11ClN4O2. The first-order valence-electron chi connectivity index (χ1n) is 4.86. The van der Waals surface area contributed by atoms with Gasteiger partial charge in [-0.3, -0.25) is 0 Å². The molecule has 2 heterocycles. The molecule has 2 rings (SSSR count). The fourth-order valence-corrected chi connectivity index (χ4v) is 1.82. The predicted octanol–water partition coefficient (Wildman–Crippen LogP) is -0.00720. The Kier molecular flexibility index (Phi) is 3.21. The van der Waals surface area contributed by atoms with Crippen molar-refractivity contribution in [2.45, 2.75) is 6.04 Å². The van der Waals surface area contributed by atoms with Gasteiger partial charge in [0, 0.05) is 25.7 Å². The molecule has 86 valence electrons. The van der Waals surface area contributed by atoms with Crippen molar-refractivity contribution in [1.29, 1.82) is 0 Å². The van der Waals surface area contributed by atoms with E-state index >= 15 is 0 Å². The molecule has 1 aromatic rings. The first-order valence-corrected chi connectivity index (χ1v) is 5.24. The monoisotopic (exact) mass is 242 g/mol. The number of rotatable bonds is 2. The third kappa shape index (κ3) is 2.23. The van der Waals surface area contributed by atoms with E-state index in [9.17, 15) is 4.79 Å². The topological polar surface area (TPSA) is 78.4 Å². The van der Waals surface area contributed by atoms with E-state index in [1.54, 1.807) is 11.0 Å². The molecule has 1 fully saturated rings. The maximum atomic E-state index is 11.1. The molecule has 0 unspecified atom stereocenters. The lowest BCUT2D eigenvalue weighted by atomic mass is 10.2. The zero-order valence-corrected chi connectivity index (χ0v) is 9.18. The summed E-state index contributed by atoms with van der Waals surface area (Å²) in [6.45, 7) is 1.71. The van der Waals surface area contributed by atoms with Crippen LogP contribution in [0.15, 0.2) is 12.4 Å². The summed E-state index contributed by atoms with van der Waals surface area (Å²) in [6.07, 6.45) is 1.33. The molecule has 1 aliphatic rings. The summed E-state index contributed by atoms with van der Waals surface area (Å²) in [4.78, 5) is 20.6. The lowest BCUT2D eigenvalue weighted by Gasteiger charge is -2.34. The van der Waals surface area contributed by atoms with Crippen LogP contribution in [0.5, 0.6) is 0 Å². The second kappa shape index (κ2) is 4.63. The van der Waals surface area contributed by atoms with E-state index in [0.717, 1.165) is 6.54 Å². The quantitative estimate of drug-likeness (QED) is 0.711. The highest BCUT2D eigenvalue weighted by molar-refractivity contribution is 6.29. The highest BCUT2D eigenvalue weighted by Crippen LogP contribution is 2.17. The van der Waals surface area contributed by atoms with Gasteiger partial charge in [-0.05, 0) is 0 Å². The summed E-state index contributed by atoms with van der Waals surface area (Å²) in [5, 5.41) is 12.4. The van der Waals surface area contributed by atoms with Gasteiger partial charge < -0.3 is 15.3 Å². The summed E-state index contributed by atoms with van der Waals surface area (Å²) in [6, 6.07) is 0.961. The van der Waals surface area contributed by atoms with Crippen LogP contribution in [0.25, 0.3) is 0 Å². The van der Waals surface area contributed by atoms with E-state index in [1.807, 2.05) is 0 Å². The van der Waals surface area contributed by atoms with Gasteiger partial charge in [0.1, 0.15) is 23.3 Å². The lowest BCUT2D eigenvalue weighted by Crippen LogP contribution is -2.55. The number of hydrogen-bond donors (Lipinski definition) is 2. The normalized spacial score (nSPS) is 20.8. The van der Waals surface area contributed by atoms with Crippen molar-refractivity contribution in [3.63, 3.8) is 0 Å². The molecular weight excluding hydrogens is 232 g/mol. The van der Waals surface area contributed by atoms with E-state index in [0.29, 0.717) is 24.1 Å². The number of hydrogen-bond acceptors (Lipinski definition) is 5. The van der Waals surface area contributed by atoms with Gasteiger partial charge in [0.05, 0.1) is 0 Å². The fraction of sp³-hybridized carbons (Fsp3) is 0.444. The Balaban J connectivity index is 2.26. The number of nitrogens with one attached hydrogen (secondary N) is 1.